The minimum absolute atomic E-state index is 0.507. The van der Waals surface area contributed by atoms with E-state index in [9.17, 15) is 5.02 Å². The average Bonchev–Trinajstić information content (AvgIpc) is 2.45. The second kappa shape index (κ2) is 6.24. The second-order valence-electron chi connectivity index (χ2n) is 3.93. The van der Waals surface area contributed by atoms with E-state index < -0.39 is 7.12 Å². The third kappa shape index (κ3) is 3.36. The minimum atomic E-state index is -0.912. The quantitative estimate of drug-likeness (QED) is 0.809. The van der Waals surface area contributed by atoms with Crippen LogP contribution in [0.25, 0.3) is 0 Å². The summed E-state index contributed by atoms with van der Waals surface area (Å²) in [6, 6.07) is 17.2. The van der Waals surface area contributed by atoms with E-state index in [2.05, 4.69) is 0 Å². The lowest BCUT2D eigenvalue weighted by molar-refractivity contribution is 0.306. The van der Waals surface area contributed by atoms with Gasteiger partial charge in [0.1, 0.15) is 12.4 Å². The van der Waals surface area contributed by atoms with Crippen molar-refractivity contribution in [2.75, 3.05) is 7.11 Å². The van der Waals surface area contributed by atoms with Gasteiger partial charge in [-0.2, -0.15) is 0 Å². The molecule has 0 spiro atoms. The van der Waals surface area contributed by atoms with Gasteiger partial charge >= 0.3 is 7.12 Å². The summed E-state index contributed by atoms with van der Waals surface area (Å²) in [6.07, 6.45) is 0. The van der Waals surface area contributed by atoms with Gasteiger partial charge in [0, 0.05) is 7.11 Å². The molecular weight excluding hydrogens is 227 g/mol. The summed E-state index contributed by atoms with van der Waals surface area (Å²) in [6.45, 7) is 0.507. The Hall–Kier alpha value is -1.78. The first-order valence-electron chi connectivity index (χ1n) is 5.77. The maximum atomic E-state index is 9.56. The molecule has 0 aliphatic carbocycles. The van der Waals surface area contributed by atoms with Gasteiger partial charge in [0.05, 0.1) is 0 Å². The van der Waals surface area contributed by atoms with Gasteiger partial charge in [-0.1, -0.05) is 42.5 Å². The lowest BCUT2D eigenvalue weighted by Gasteiger charge is -2.09. The van der Waals surface area contributed by atoms with Crippen molar-refractivity contribution in [1.29, 1.82) is 0 Å². The molecule has 0 amide bonds. The zero-order valence-electron chi connectivity index (χ0n) is 10.2. The zero-order chi connectivity index (χ0) is 12.8. The predicted molar refractivity (Wildman–Crippen MR) is 71.8 cm³/mol. The van der Waals surface area contributed by atoms with Crippen molar-refractivity contribution in [2.45, 2.75) is 6.61 Å². The molecule has 4 heteroatoms. The maximum absolute atomic E-state index is 9.56. The molecule has 0 bridgehead atoms. The molecule has 92 valence electrons. The van der Waals surface area contributed by atoms with Crippen molar-refractivity contribution in [3.8, 4) is 5.75 Å². The number of rotatable bonds is 5. The van der Waals surface area contributed by atoms with Gasteiger partial charge in [0.2, 0.25) is 0 Å². The Bertz CT molecular complexity index is 487. The minimum Gasteiger partial charge on any atom is -0.489 e. The Kier molecular flexibility index (Phi) is 4.39. The van der Waals surface area contributed by atoms with Crippen LogP contribution in [0, 0.1) is 0 Å². The first-order chi connectivity index (χ1) is 8.79. The van der Waals surface area contributed by atoms with Gasteiger partial charge in [0.25, 0.3) is 0 Å². The Balaban J connectivity index is 2.01. The van der Waals surface area contributed by atoms with Gasteiger partial charge in [-0.25, -0.2) is 0 Å². The smallest absolute Gasteiger partial charge is 0.489 e. The van der Waals surface area contributed by atoms with Crippen LogP contribution in [0.1, 0.15) is 5.56 Å². The summed E-state index contributed by atoms with van der Waals surface area (Å²) in [7, 11) is 0.549. The van der Waals surface area contributed by atoms with E-state index in [-0.39, 0.29) is 0 Å². The summed E-state index contributed by atoms with van der Waals surface area (Å²) >= 11 is 0. The molecule has 18 heavy (non-hydrogen) atoms. The Labute approximate surface area is 107 Å². The van der Waals surface area contributed by atoms with E-state index in [0.29, 0.717) is 17.8 Å². The van der Waals surface area contributed by atoms with E-state index >= 15 is 0 Å². The molecule has 1 N–H and O–H groups in total. The van der Waals surface area contributed by atoms with Crippen LogP contribution in [0.15, 0.2) is 54.6 Å². The molecule has 2 aromatic carbocycles. The van der Waals surface area contributed by atoms with E-state index in [1.807, 2.05) is 42.5 Å². The highest BCUT2D eigenvalue weighted by Crippen LogP contribution is 2.11. The van der Waals surface area contributed by atoms with Crippen molar-refractivity contribution in [3.63, 3.8) is 0 Å². The largest absolute Gasteiger partial charge is 0.491 e. The van der Waals surface area contributed by atoms with Gasteiger partial charge in [0.15, 0.2) is 0 Å². The molecule has 0 aromatic heterocycles. The number of benzene rings is 2. The van der Waals surface area contributed by atoms with Crippen LogP contribution in [-0.4, -0.2) is 19.3 Å². The number of hydrogen-bond donors (Lipinski definition) is 1. The highest BCUT2D eigenvalue weighted by Gasteiger charge is 2.14. The summed E-state index contributed by atoms with van der Waals surface area (Å²) in [5.41, 5.74) is 1.79. The summed E-state index contributed by atoms with van der Waals surface area (Å²) in [5.74, 6) is 0.715. The van der Waals surface area contributed by atoms with Crippen LogP contribution in [-0.2, 0) is 11.3 Å². The van der Waals surface area contributed by atoms with Crippen molar-refractivity contribution < 1.29 is 14.4 Å². The number of ether oxygens (including phenoxy) is 1. The fourth-order valence-electron chi connectivity index (χ4n) is 1.63. The second-order valence-corrected chi connectivity index (χ2v) is 3.93. The maximum Gasteiger partial charge on any atom is 0.491 e. The summed E-state index contributed by atoms with van der Waals surface area (Å²) < 4.78 is 10.5. The summed E-state index contributed by atoms with van der Waals surface area (Å²) in [5, 5.41) is 9.56. The molecule has 0 unspecified atom stereocenters. The van der Waals surface area contributed by atoms with Crippen LogP contribution in [0.2, 0.25) is 0 Å². The monoisotopic (exact) mass is 242 g/mol. The molecule has 0 radical (unpaired) electrons. The highest BCUT2D eigenvalue weighted by molar-refractivity contribution is 6.59. The van der Waals surface area contributed by atoms with Gasteiger partial charge in [-0.15, -0.1) is 0 Å². The van der Waals surface area contributed by atoms with Crippen LogP contribution in [0.4, 0.5) is 0 Å². The summed E-state index contributed by atoms with van der Waals surface area (Å²) in [4.78, 5) is 0. The average molecular weight is 242 g/mol. The van der Waals surface area contributed by atoms with Gasteiger partial charge in [-0.3, -0.25) is 0 Å². The Morgan fingerprint density at radius 3 is 2.56 bits per heavy atom. The topological polar surface area (TPSA) is 38.7 Å². The molecular formula is C14H15BO3. The first kappa shape index (κ1) is 12.7. The molecule has 0 atom stereocenters. The van der Waals surface area contributed by atoms with E-state index in [0.717, 1.165) is 5.56 Å². The lowest BCUT2D eigenvalue weighted by Crippen LogP contribution is -2.32. The van der Waals surface area contributed by atoms with Crippen LogP contribution >= 0.6 is 0 Å². The van der Waals surface area contributed by atoms with Crippen LogP contribution in [0.3, 0.4) is 0 Å². The molecule has 2 rings (SSSR count). The molecule has 0 saturated heterocycles. The third-order valence-corrected chi connectivity index (χ3v) is 2.61. The van der Waals surface area contributed by atoms with Crippen molar-refractivity contribution in [1.82, 2.24) is 0 Å². The number of hydrogen-bond acceptors (Lipinski definition) is 3. The van der Waals surface area contributed by atoms with Crippen molar-refractivity contribution in [3.05, 3.63) is 60.2 Å². The highest BCUT2D eigenvalue weighted by atomic mass is 16.5. The van der Waals surface area contributed by atoms with E-state index in [1.54, 1.807) is 12.1 Å². The fraction of sp³-hybridized carbons (Fsp3) is 0.143. The predicted octanol–water partition coefficient (Wildman–Crippen LogP) is 1.60. The molecule has 0 heterocycles. The molecule has 0 fully saturated rings. The van der Waals surface area contributed by atoms with E-state index in [1.165, 1.54) is 7.11 Å². The lowest BCUT2D eigenvalue weighted by atomic mass is 9.80. The fourth-order valence-corrected chi connectivity index (χ4v) is 1.63. The van der Waals surface area contributed by atoms with Crippen LogP contribution < -0.4 is 10.2 Å². The molecule has 3 nitrogen and oxygen atoms in total. The third-order valence-electron chi connectivity index (χ3n) is 2.61. The molecule has 0 aliphatic heterocycles. The SMILES string of the molecule is COB(O)c1cccc(OCc2ccccc2)c1. The van der Waals surface area contributed by atoms with Crippen molar-refractivity contribution >= 4 is 12.6 Å². The zero-order valence-corrected chi connectivity index (χ0v) is 10.2. The van der Waals surface area contributed by atoms with Crippen LogP contribution in [0.5, 0.6) is 5.75 Å². The standard InChI is InChI=1S/C14H15BO3/c1-17-15(16)13-8-5-9-14(10-13)18-11-12-6-3-2-4-7-12/h2-10,16H,11H2,1H3. The van der Waals surface area contributed by atoms with E-state index in [4.69, 9.17) is 9.39 Å². The van der Waals surface area contributed by atoms with Gasteiger partial charge < -0.3 is 14.4 Å². The first-order valence-corrected chi connectivity index (χ1v) is 5.77. The Morgan fingerprint density at radius 2 is 1.83 bits per heavy atom. The van der Waals surface area contributed by atoms with Gasteiger partial charge in [-0.05, 0) is 23.2 Å². The molecule has 2 aromatic rings. The molecule has 0 aliphatic rings. The van der Waals surface area contributed by atoms with Crippen molar-refractivity contribution in [2.24, 2.45) is 0 Å². The molecule has 0 saturated carbocycles. The Morgan fingerprint density at radius 1 is 1.06 bits per heavy atom. The normalized spacial score (nSPS) is 10.1.